The molecule has 6 aromatic rings. The molecule has 1 radical (unpaired) electrons. The summed E-state index contributed by atoms with van der Waals surface area (Å²) in [5.41, 5.74) is 3.88. The van der Waals surface area contributed by atoms with Gasteiger partial charge in [-0.25, -0.2) is 4.98 Å². The second-order valence-electron chi connectivity index (χ2n) is 15.6. The number of pyridine rings is 3. The Hall–Kier alpha value is -2.77. The van der Waals surface area contributed by atoms with Crippen LogP contribution >= 0.6 is 11.3 Å². The normalized spacial score (nSPS) is 17.0. The minimum absolute atomic E-state index is 0. The number of nitrogens with zero attached hydrogens (tertiary/aromatic N) is 3. The van der Waals surface area contributed by atoms with Crippen molar-refractivity contribution in [3.63, 3.8) is 0 Å². The van der Waals surface area contributed by atoms with E-state index in [2.05, 4.69) is 44.4 Å². The molecule has 1 aliphatic carbocycles. The van der Waals surface area contributed by atoms with Crippen LogP contribution in [0.2, 0.25) is 17.3 Å². The fourth-order valence-electron chi connectivity index (χ4n) is 6.52. The molecular weight excluding hydrogens is 898 g/mol. The van der Waals surface area contributed by atoms with E-state index in [1.807, 2.05) is 57.3 Å². The summed E-state index contributed by atoms with van der Waals surface area (Å²) >= 11 is -1.07. The standard InChI is InChI=1S/C26H26FN2S.C19H26GeN.Ir/c1-15(2)21-14-28-23(13-18(21)12-17-6-4-5-7-17)19-10-11-22(27)24-20-9-8-16(3)29-26(20)30-25(19)24;1-19(2,3)13-16-12-18(15-10-8-7-9-11-15)21-14-17(16)20(4,5)6;/h8-9,11,13-15,17H,4-7,12H2,1-3H3;7-10,12,14H,13H2,1-6H3;/q2*-1;/i3D3,12D2,15D;13D2;. The summed E-state index contributed by atoms with van der Waals surface area (Å²) in [6.45, 7) is 6.95. The Morgan fingerprint density at radius 1 is 1.02 bits per heavy atom. The van der Waals surface area contributed by atoms with Crippen LogP contribution < -0.4 is 4.40 Å². The predicted octanol–water partition coefficient (Wildman–Crippen LogP) is 12.3. The first-order valence-electron chi connectivity index (χ1n) is 21.7. The molecule has 1 aliphatic rings. The van der Waals surface area contributed by atoms with E-state index in [4.69, 9.17) is 11.0 Å². The van der Waals surface area contributed by atoms with Gasteiger partial charge in [0.05, 0.1) is 0 Å². The van der Waals surface area contributed by atoms with Crippen molar-refractivity contribution in [1.29, 1.82) is 0 Å². The van der Waals surface area contributed by atoms with Crippen molar-refractivity contribution >= 4 is 49.3 Å². The molecule has 3 nitrogen and oxygen atoms in total. The van der Waals surface area contributed by atoms with Gasteiger partial charge in [-0.15, -0.1) is 17.7 Å². The minimum atomic E-state index is -2.38. The van der Waals surface area contributed by atoms with Gasteiger partial charge in [0.2, 0.25) is 0 Å². The Bertz CT molecular complexity index is 2480. The van der Waals surface area contributed by atoms with Crippen molar-refractivity contribution in [2.24, 2.45) is 11.3 Å². The van der Waals surface area contributed by atoms with Crippen LogP contribution in [0.4, 0.5) is 4.39 Å². The number of rotatable bonds is 7. The quantitative estimate of drug-likeness (QED) is 0.118. The van der Waals surface area contributed by atoms with Gasteiger partial charge in [-0.3, -0.25) is 4.39 Å². The van der Waals surface area contributed by atoms with Gasteiger partial charge >= 0.3 is 135 Å². The number of aromatic nitrogens is 3. The van der Waals surface area contributed by atoms with Crippen molar-refractivity contribution in [2.75, 3.05) is 0 Å². The first-order valence-corrected chi connectivity index (χ1v) is 25.8. The van der Waals surface area contributed by atoms with Gasteiger partial charge in [0.1, 0.15) is 4.83 Å². The topological polar surface area (TPSA) is 38.7 Å². The summed E-state index contributed by atoms with van der Waals surface area (Å²) in [6, 6.07) is 21.7. The zero-order chi connectivity index (χ0) is 43.5. The van der Waals surface area contributed by atoms with E-state index in [9.17, 15) is 0 Å². The molecule has 0 saturated heterocycles. The summed E-state index contributed by atoms with van der Waals surface area (Å²) in [7, 11) is 0. The third kappa shape index (κ3) is 9.47. The van der Waals surface area contributed by atoms with Crippen LogP contribution in [-0.2, 0) is 32.9 Å². The molecule has 4 aromatic heterocycles. The van der Waals surface area contributed by atoms with Crippen molar-refractivity contribution in [3.8, 4) is 22.5 Å². The van der Waals surface area contributed by atoms with E-state index < -0.39 is 50.0 Å². The van der Waals surface area contributed by atoms with E-state index in [-0.39, 0.29) is 31.7 Å². The number of fused-ring (bicyclic) bond motifs is 3. The number of hydrogen-bond donors (Lipinski definition) is 0. The monoisotopic (exact) mass is 960 g/mol. The zero-order valence-corrected chi connectivity index (χ0v) is 36.5. The Morgan fingerprint density at radius 2 is 1.75 bits per heavy atom. The van der Waals surface area contributed by atoms with E-state index in [1.54, 1.807) is 32.2 Å². The maximum absolute atomic E-state index is 15.0. The van der Waals surface area contributed by atoms with Gasteiger partial charge in [-0.05, 0) is 58.0 Å². The second kappa shape index (κ2) is 16.7. The van der Waals surface area contributed by atoms with E-state index in [0.29, 0.717) is 42.7 Å². The van der Waals surface area contributed by atoms with Crippen molar-refractivity contribution < 1.29 is 35.5 Å². The van der Waals surface area contributed by atoms with Gasteiger partial charge in [0, 0.05) is 51.4 Å². The Balaban J connectivity index is 0.000000247. The smallest absolute Gasteiger partial charge is 0 e. The first-order chi connectivity index (χ1) is 27.2. The Morgan fingerprint density at radius 3 is 2.40 bits per heavy atom. The summed E-state index contributed by atoms with van der Waals surface area (Å²) in [5.74, 6) is 5.17. The van der Waals surface area contributed by atoms with Gasteiger partial charge < -0.3 is 4.98 Å². The van der Waals surface area contributed by atoms with Crippen LogP contribution in [0.5, 0.6) is 0 Å². The zero-order valence-electron chi connectivity index (χ0n) is 39.2. The second-order valence-corrected chi connectivity index (χ2v) is 27.2. The molecular formula is C45H52FGeIrN3S-2. The largest absolute Gasteiger partial charge is 0 e. The molecule has 0 aliphatic heterocycles. The van der Waals surface area contributed by atoms with E-state index in [0.717, 1.165) is 46.9 Å². The SMILES string of the molecule is [2H]C([2H])([2H])c1ccc2c(n1)sc1c(-c3cc(C([2H])([2H])C4CCCC4)c(C([2H])(C)C)cn3)[c-]cc(F)c12.[2H]C([2H])(c1cc(-c2[c-]cccc2)nc[c]1[Ge]([CH3])([CH3])[CH3])C(C)(C)C.[Ir]. The summed E-state index contributed by atoms with van der Waals surface area (Å²) < 4.78 is 83.9. The molecule has 1 saturated carbocycles. The molecule has 0 bridgehead atoms. The molecule has 0 N–H and O–H groups in total. The molecule has 0 amide bonds. The van der Waals surface area contributed by atoms with Crippen LogP contribution in [0.25, 0.3) is 42.8 Å². The van der Waals surface area contributed by atoms with Crippen LogP contribution in [0.3, 0.4) is 0 Å². The summed E-state index contributed by atoms with van der Waals surface area (Å²) in [5, 5.41) is 0.835. The van der Waals surface area contributed by atoms with Gasteiger partial charge in [0.25, 0.3) is 0 Å². The Labute approximate surface area is 342 Å². The third-order valence-corrected chi connectivity index (χ3v) is 14.3. The number of thiophene rings is 1. The van der Waals surface area contributed by atoms with Crippen LogP contribution in [0.15, 0.2) is 67.0 Å². The number of hydrogen-bond acceptors (Lipinski definition) is 4. The molecule has 275 valence electrons. The molecule has 52 heavy (non-hydrogen) atoms. The maximum Gasteiger partial charge on any atom is 0 e. The average molecular weight is 959 g/mol. The van der Waals surface area contributed by atoms with Gasteiger partial charge in [-0.1, -0.05) is 51.7 Å². The molecule has 7 heteroatoms. The molecule has 2 aromatic carbocycles. The average Bonchev–Trinajstić information content (AvgIpc) is 3.84. The minimum Gasteiger partial charge on any atom is 0 e. The number of benzene rings is 2. The number of halogens is 1. The molecule has 0 spiro atoms. The van der Waals surface area contributed by atoms with Crippen LogP contribution in [0.1, 0.15) is 99.5 Å². The van der Waals surface area contributed by atoms with E-state index in [1.165, 1.54) is 23.5 Å². The number of aryl methyl sites for hydroxylation is 1. The van der Waals surface area contributed by atoms with Crippen molar-refractivity contribution in [1.82, 2.24) is 15.0 Å². The molecule has 7 rings (SSSR count). The molecule has 0 atom stereocenters. The van der Waals surface area contributed by atoms with Gasteiger partial charge in [-0.2, -0.15) is 11.3 Å². The molecule has 4 heterocycles. The van der Waals surface area contributed by atoms with E-state index >= 15 is 4.39 Å². The molecule has 0 unspecified atom stereocenters. The van der Waals surface area contributed by atoms with Gasteiger partial charge in [0.15, 0.2) is 0 Å². The summed E-state index contributed by atoms with van der Waals surface area (Å²) in [6.07, 6.45) is 3.99. The Kier molecular flexibility index (Phi) is 9.82. The fraction of sp³-hybridized carbons (Fsp3) is 0.400. The predicted molar refractivity (Wildman–Crippen MR) is 218 cm³/mol. The van der Waals surface area contributed by atoms with Crippen LogP contribution in [0, 0.1) is 36.1 Å². The van der Waals surface area contributed by atoms with Crippen molar-refractivity contribution in [3.05, 3.63) is 107 Å². The summed E-state index contributed by atoms with van der Waals surface area (Å²) in [4.78, 5) is 13.9. The fourth-order valence-corrected chi connectivity index (χ4v) is 10.6. The van der Waals surface area contributed by atoms with Crippen LogP contribution in [-0.4, -0.2) is 28.2 Å². The van der Waals surface area contributed by atoms with Crippen molar-refractivity contribution in [2.45, 2.75) is 103 Å². The maximum atomic E-state index is 15.0. The molecule has 1 fully saturated rings. The third-order valence-electron chi connectivity index (χ3n) is 8.98. The first kappa shape index (κ1) is 30.5.